The molecule has 0 saturated heterocycles. The van der Waals surface area contributed by atoms with Crippen molar-refractivity contribution in [3.63, 3.8) is 0 Å². The first kappa shape index (κ1) is 12.2. The molecule has 0 aromatic heterocycles. The van der Waals surface area contributed by atoms with Crippen molar-refractivity contribution < 1.29 is 9.66 Å². The number of non-ortho nitro benzene ring substituents is 1. The maximum atomic E-state index is 10.7. The van der Waals surface area contributed by atoms with Crippen molar-refractivity contribution >= 4 is 5.69 Å². The zero-order valence-corrected chi connectivity index (χ0v) is 9.47. The Labute approximate surface area is 94.7 Å². The van der Waals surface area contributed by atoms with Crippen molar-refractivity contribution in [1.82, 2.24) is 0 Å². The van der Waals surface area contributed by atoms with Gasteiger partial charge in [0.2, 0.25) is 0 Å². The Hall–Kier alpha value is -1.84. The molecule has 86 valence electrons. The highest BCUT2D eigenvalue weighted by molar-refractivity contribution is 5.46. The van der Waals surface area contributed by atoms with Gasteiger partial charge in [-0.05, 0) is 13.0 Å². The van der Waals surface area contributed by atoms with Crippen LogP contribution in [0.3, 0.4) is 0 Å². The zero-order valence-electron chi connectivity index (χ0n) is 9.47. The summed E-state index contributed by atoms with van der Waals surface area (Å²) in [7, 11) is 0. The third-order valence-electron chi connectivity index (χ3n) is 2.35. The van der Waals surface area contributed by atoms with E-state index in [1.807, 2.05) is 13.8 Å². The van der Waals surface area contributed by atoms with E-state index in [4.69, 9.17) is 4.74 Å². The van der Waals surface area contributed by atoms with Gasteiger partial charge in [0.1, 0.15) is 5.75 Å². The van der Waals surface area contributed by atoms with Crippen LogP contribution in [0.5, 0.6) is 5.75 Å². The first-order valence-electron chi connectivity index (χ1n) is 5.13. The molecule has 1 aromatic rings. The quantitative estimate of drug-likeness (QED) is 0.435. The number of nitrogens with zero attached hydrogens (tertiary/aromatic N) is 1. The van der Waals surface area contributed by atoms with E-state index in [0.29, 0.717) is 12.4 Å². The number of benzene rings is 1. The van der Waals surface area contributed by atoms with E-state index >= 15 is 0 Å². The summed E-state index contributed by atoms with van der Waals surface area (Å²) in [6.07, 6.45) is 1.74. The largest absolute Gasteiger partial charge is 0.494 e. The summed E-state index contributed by atoms with van der Waals surface area (Å²) < 4.78 is 5.42. The maximum Gasteiger partial charge on any atom is 0.269 e. The lowest BCUT2D eigenvalue weighted by Crippen LogP contribution is -2.00. The number of nitro groups is 1. The lowest BCUT2D eigenvalue weighted by Gasteiger charge is -2.13. The van der Waals surface area contributed by atoms with Gasteiger partial charge in [-0.25, -0.2) is 0 Å². The molecule has 0 spiro atoms. The maximum absolute atomic E-state index is 10.7. The molecule has 1 atom stereocenters. The molecule has 0 heterocycles. The van der Waals surface area contributed by atoms with Crippen molar-refractivity contribution in [2.24, 2.45) is 0 Å². The van der Waals surface area contributed by atoms with E-state index in [0.717, 1.165) is 5.56 Å². The summed E-state index contributed by atoms with van der Waals surface area (Å²) in [6.45, 7) is 8.03. The fourth-order valence-electron chi connectivity index (χ4n) is 1.42. The third-order valence-corrected chi connectivity index (χ3v) is 2.35. The van der Waals surface area contributed by atoms with Crippen LogP contribution in [-0.2, 0) is 0 Å². The van der Waals surface area contributed by atoms with Gasteiger partial charge >= 0.3 is 0 Å². The van der Waals surface area contributed by atoms with Gasteiger partial charge in [-0.1, -0.05) is 13.0 Å². The number of ether oxygens (including phenoxy) is 1. The van der Waals surface area contributed by atoms with E-state index in [-0.39, 0.29) is 11.6 Å². The molecule has 4 heteroatoms. The Morgan fingerprint density at radius 1 is 1.62 bits per heavy atom. The smallest absolute Gasteiger partial charge is 0.269 e. The molecular formula is C12H15NO3. The van der Waals surface area contributed by atoms with Crippen LogP contribution < -0.4 is 4.74 Å². The highest BCUT2D eigenvalue weighted by Crippen LogP contribution is 2.30. The van der Waals surface area contributed by atoms with E-state index < -0.39 is 4.92 Å². The first-order chi connectivity index (χ1) is 7.60. The SMILES string of the molecule is C=CC(C)c1cc([N+](=O)[O-])ccc1OCC. The minimum Gasteiger partial charge on any atom is -0.494 e. The Bertz CT molecular complexity index is 401. The molecule has 0 fully saturated rings. The second kappa shape index (κ2) is 5.30. The van der Waals surface area contributed by atoms with Gasteiger partial charge in [0, 0.05) is 23.6 Å². The van der Waals surface area contributed by atoms with Gasteiger partial charge in [0.05, 0.1) is 11.5 Å². The highest BCUT2D eigenvalue weighted by atomic mass is 16.6. The Morgan fingerprint density at radius 3 is 2.81 bits per heavy atom. The van der Waals surface area contributed by atoms with Crippen LogP contribution in [0.15, 0.2) is 30.9 Å². The summed E-state index contributed by atoms with van der Waals surface area (Å²) in [5, 5.41) is 10.7. The predicted octanol–water partition coefficient (Wildman–Crippen LogP) is 3.28. The lowest BCUT2D eigenvalue weighted by atomic mass is 10.00. The molecule has 1 rings (SSSR count). The second-order valence-corrected chi connectivity index (χ2v) is 3.44. The first-order valence-corrected chi connectivity index (χ1v) is 5.13. The van der Waals surface area contributed by atoms with Gasteiger partial charge in [-0.2, -0.15) is 0 Å². The molecular weight excluding hydrogens is 206 g/mol. The minimum absolute atomic E-state index is 0.0291. The van der Waals surface area contributed by atoms with E-state index in [1.54, 1.807) is 12.1 Å². The number of allylic oxidation sites excluding steroid dienone is 1. The molecule has 0 aliphatic carbocycles. The number of hydrogen-bond acceptors (Lipinski definition) is 3. The van der Waals surface area contributed by atoms with Gasteiger partial charge < -0.3 is 4.74 Å². The van der Waals surface area contributed by atoms with Gasteiger partial charge in [0.15, 0.2) is 0 Å². The Balaban J connectivity index is 3.20. The fraction of sp³-hybridized carbons (Fsp3) is 0.333. The molecule has 4 nitrogen and oxygen atoms in total. The predicted molar refractivity (Wildman–Crippen MR) is 62.9 cm³/mol. The van der Waals surface area contributed by atoms with Crippen molar-refractivity contribution in [3.8, 4) is 5.75 Å². The fourth-order valence-corrected chi connectivity index (χ4v) is 1.42. The van der Waals surface area contributed by atoms with E-state index in [9.17, 15) is 10.1 Å². The van der Waals surface area contributed by atoms with Crippen LogP contribution in [-0.4, -0.2) is 11.5 Å². The molecule has 1 aromatic carbocycles. The van der Waals surface area contributed by atoms with Crippen molar-refractivity contribution in [3.05, 3.63) is 46.5 Å². The average Bonchev–Trinajstić information content (AvgIpc) is 2.28. The normalized spacial score (nSPS) is 11.9. The van der Waals surface area contributed by atoms with Crippen molar-refractivity contribution in [2.75, 3.05) is 6.61 Å². The molecule has 0 N–H and O–H groups in total. The van der Waals surface area contributed by atoms with Crippen LogP contribution in [0.1, 0.15) is 25.3 Å². The molecule has 0 aliphatic rings. The van der Waals surface area contributed by atoms with Gasteiger partial charge in [0.25, 0.3) is 5.69 Å². The van der Waals surface area contributed by atoms with Crippen molar-refractivity contribution in [1.29, 1.82) is 0 Å². The second-order valence-electron chi connectivity index (χ2n) is 3.44. The number of hydrogen-bond donors (Lipinski definition) is 0. The molecule has 0 radical (unpaired) electrons. The summed E-state index contributed by atoms with van der Waals surface area (Å²) >= 11 is 0. The van der Waals surface area contributed by atoms with Crippen LogP contribution in [0.2, 0.25) is 0 Å². The van der Waals surface area contributed by atoms with Gasteiger partial charge in [-0.15, -0.1) is 6.58 Å². The summed E-state index contributed by atoms with van der Waals surface area (Å²) in [5.74, 6) is 0.710. The molecule has 0 aliphatic heterocycles. The molecule has 1 unspecified atom stereocenters. The van der Waals surface area contributed by atoms with E-state index in [2.05, 4.69) is 6.58 Å². The molecule has 0 saturated carbocycles. The number of rotatable bonds is 5. The number of nitro benzene ring substituents is 1. The van der Waals surface area contributed by atoms with E-state index in [1.165, 1.54) is 12.1 Å². The highest BCUT2D eigenvalue weighted by Gasteiger charge is 2.14. The van der Waals surface area contributed by atoms with Crippen LogP contribution in [0, 0.1) is 10.1 Å². The van der Waals surface area contributed by atoms with Gasteiger partial charge in [-0.3, -0.25) is 10.1 Å². The molecule has 16 heavy (non-hydrogen) atoms. The van der Waals surface area contributed by atoms with Crippen LogP contribution >= 0.6 is 0 Å². The monoisotopic (exact) mass is 221 g/mol. The lowest BCUT2D eigenvalue weighted by molar-refractivity contribution is -0.384. The molecule has 0 bridgehead atoms. The summed E-state index contributed by atoms with van der Waals surface area (Å²) in [5.41, 5.74) is 0.873. The summed E-state index contributed by atoms with van der Waals surface area (Å²) in [6, 6.07) is 4.62. The molecule has 0 amide bonds. The van der Waals surface area contributed by atoms with Crippen LogP contribution in [0.25, 0.3) is 0 Å². The minimum atomic E-state index is -0.408. The average molecular weight is 221 g/mol. The standard InChI is InChI=1S/C12H15NO3/c1-4-9(3)11-8-10(13(14)15)6-7-12(11)16-5-2/h4,6-9H,1,5H2,2-3H3. The van der Waals surface area contributed by atoms with Crippen LogP contribution in [0.4, 0.5) is 5.69 Å². The third kappa shape index (κ3) is 2.59. The summed E-state index contributed by atoms with van der Waals surface area (Å²) in [4.78, 5) is 10.3. The zero-order chi connectivity index (χ0) is 12.1. The van der Waals surface area contributed by atoms with Crippen molar-refractivity contribution in [2.45, 2.75) is 19.8 Å². The topological polar surface area (TPSA) is 52.4 Å². The Kier molecular flexibility index (Phi) is 4.05. The Morgan fingerprint density at radius 2 is 2.31 bits per heavy atom.